The minimum Gasteiger partial charge on any atom is -0.465 e. The number of hydrogen-bond acceptors (Lipinski definition) is 3. The first kappa shape index (κ1) is 13.6. The monoisotopic (exact) mass is 387 g/mol. The van der Waals surface area contributed by atoms with Gasteiger partial charge in [-0.3, -0.25) is 0 Å². The quantitative estimate of drug-likeness (QED) is 0.752. The van der Waals surface area contributed by atoms with Gasteiger partial charge in [-0.25, -0.2) is 0 Å². The molecule has 0 bridgehead atoms. The topological polar surface area (TPSA) is 25.2 Å². The van der Waals surface area contributed by atoms with E-state index in [2.05, 4.69) is 47.0 Å². The third-order valence-corrected chi connectivity index (χ3v) is 5.69. The summed E-state index contributed by atoms with van der Waals surface area (Å²) in [5.41, 5.74) is 1.51. The number of furan rings is 1. The molecule has 0 saturated carbocycles. The molecular weight excluding hydrogens is 369 g/mol. The van der Waals surface area contributed by atoms with Crippen LogP contribution >= 0.6 is 33.9 Å². The molecule has 102 valence electrons. The highest BCUT2D eigenvalue weighted by molar-refractivity contribution is 14.1. The molecule has 0 fully saturated rings. The van der Waals surface area contributed by atoms with Gasteiger partial charge in [0, 0.05) is 10.9 Å². The predicted molar refractivity (Wildman–Crippen MR) is 87.7 cm³/mol. The maximum atomic E-state index is 5.72. The Morgan fingerprint density at radius 1 is 1.47 bits per heavy atom. The van der Waals surface area contributed by atoms with Gasteiger partial charge >= 0.3 is 0 Å². The zero-order chi connectivity index (χ0) is 13.4. The summed E-state index contributed by atoms with van der Waals surface area (Å²) in [5.74, 6) is 2.02. The van der Waals surface area contributed by atoms with E-state index in [4.69, 9.17) is 4.42 Å². The maximum absolute atomic E-state index is 5.72. The van der Waals surface area contributed by atoms with E-state index in [1.165, 1.54) is 27.7 Å². The molecule has 0 amide bonds. The van der Waals surface area contributed by atoms with Gasteiger partial charge in [-0.05, 0) is 79.5 Å². The molecule has 2 nitrogen and oxygen atoms in total. The molecule has 3 rings (SSSR count). The Hall–Kier alpha value is -0.330. The van der Waals surface area contributed by atoms with Crippen LogP contribution in [0.4, 0.5) is 0 Å². The minimum atomic E-state index is 0.266. The maximum Gasteiger partial charge on any atom is 0.120 e. The molecule has 2 aromatic heterocycles. The van der Waals surface area contributed by atoms with Crippen molar-refractivity contribution in [1.29, 1.82) is 0 Å². The number of aryl methyl sites for hydroxylation is 2. The molecule has 2 atom stereocenters. The predicted octanol–water partition coefficient (Wildman–Crippen LogP) is 4.98. The fourth-order valence-corrected chi connectivity index (χ4v) is 4.88. The summed E-state index contributed by atoms with van der Waals surface area (Å²) in [4.78, 5) is 1.57. The third kappa shape index (κ3) is 2.90. The number of fused-ring (bicyclic) bond motifs is 1. The highest BCUT2D eigenvalue weighted by atomic mass is 127. The molecule has 2 aromatic rings. The van der Waals surface area contributed by atoms with Crippen molar-refractivity contribution in [2.45, 2.75) is 45.2 Å². The average Bonchev–Trinajstić information content (AvgIpc) is 2.95. The van der Waals surface area contributed by atoms with Crippen LogP contribution in [0.2, 0.25) is 0 Å². The first-order valence-electron chi connectivity index (χ1n) is 6.74. The summed E-state index contributed by atoms with van der Waals surface area (Å²) in [6, 6.07) is 7.20. The Kier molecular flexibility index (Phi) is 4.01. The van der Waals surface area contributed by atoms with Crippen molar-refractivity contribution < 1.29 is 4.42 Å². The van der Waals surface area contributed by atoms with E-state index in [9.17, 15) is 0 Å². The lowest BCUT2D eigenvalue weighted by atomic mass is 9.93. The lowest BCUT2D eigenvalue weighted by Gasteiger charge is -2.26. The standard InChI is InChI=1S/C15H18INOS/c1-9-6-7-13(18-9)10(2)17-12-4-3-5-14-11(12)8-15(16)19-14/h6-8,10,12,17H,3-5H2,1-2H3. The van der Waals surface area contributed by atoms with Crippen LogP contribution in [0.25, 0.3) is 0 Å². The average molecular weight is 387 g/mol. The molecule has 0 aliphatic heterocycles. The van der Waals surface area contributed by atoms with Crippen LogP contribution in [0.5, 0.6) is 0 Å². The first-order valence-corrected chi connectivity index (χ1v) is 8.63. The second-order valence-electron chi connectivity index (χ2n) is 5.21. The van der Waals surface area contributed by atoms with Gasteiger partial charge in [0.25, 0.3) is 0 Å². The molecule has 0 aromatic carbocycles. The molecule has 2 heterocycles. The fraction of sp³-hybridized carbons (Fsp3) is 0.467. The molecule has 1 N–H and O–H groups in total. The first-order chi connectivity index (χ1) is 9.13. The SMILES string of the molecule is Cc1ccc(C(C)NC2CCCc3sc(I)cc32)o1. The van der Waals surface area contributed by atoms with Crippen molar-refractivity contribution in [3.63, 3.8) is 0 Å². The van der Waals surface area contributed by atoms with Gasteiger partial charge in [0.1, 0.15) is 11.5 Å². The van der Waals surface area contributed by atoms with Crippen molar-refractivity contribution in [1.82, 2.24) is 5.32 Å². The molecule has 0 saturated heterocycles. The summed E-state index contributed by atoms with van der Waals surface area (Å²) in [6.07, 6.45) is 3.75. The number of rotatable bonds is 3. The van der Waals surface area contributed by atoms with Crippen molar-refractivity contribution in [3.05, 3.63) is 43.0 Å². The van der Waals surface area contributed by atoms with Crippen molar-refractivity contribution >= 4 is 33.9 Å². The van der Waals surface area contributed by atoms with Crippen LogP contribution in [0.1, 0.15) is 53.8 Å². The van der Waals surface area contributed by atoms with Gasteiger partial charge in [0.05, 0.1) is 8.93 Å². The molecular formula is C15H18INOS. The summed E-state index contributed by atoms with van der Waals surface area (Å²) < 4.78 is 7.12. The number of thiophene rings is 1. The minimum absolute atomic E-state index is 0.266. The third-order valence-electron chi connectivity index (χ3n) is 3.72. The highest BCUT2D eigenvalue weighted by Gasteiger charge is 2.24. The van der Waals surface area contributed by atoms with Gasteiger partial charge in [0.2, 0.25) is 0 Å². The number of hydrogen-bond donors (Lipinski definition) is 1. The van der Waals surface area contributed by atoms with Gasteiger partial charge in [-0.15, -0.1) is 11.3 Å². The molecule has 0 radical (unpaired) electrons. The Bertz CT molecular complexity index is 574. The molecule has 1 aliphatic rings. The Morgan fingerprint density at radius 3 is 3.05 bits per heavy atom. The smallest absolute Gasteiger partial charge is 0.120 e. The summed E-state index contributed by atoms with van der Waals surface area (Å²) in [7, 11) is 0. The van der Waals surface area contributed by atoms with Gasteiger partial charge < -0.3 is 9.73 Å². The summed E-state index contributed by atoms with van der Waals surface area (Å²) in [5, 5.41) is 3.73. The van der Waals surface area contributed by atoms with Crippen molar-refractivity contribution in [3.8, 4) is 0 Å². The molecule has 0 spiro atoms. The van der Waals surface area contributed by atoms with Crippen LogP contribution < -0.4 is 5.32 Å². The lowest BCUT2D eigenvalue weighted by Crippen LogP contribution is -2.26. The Labute approximate surface area is 131 Å². The second kappa shape index (κ2) is 5.58. The van der Waals surface area contributed by atoms with E-state index in [0.29, 0.717) is 6.04 Å². The fourth-order valence-electron chi connectivity index (χ4n) is 2.76. The van der Waals surface area contributed by atoms with E-state index >= 15 is 0 Å². The zero-order valence-corrected chi connectivity index (χ0v) is 14.2. The van der Waals surface area contributed by atoms with E-state index in [0.717, 1.165) is 11.5 Å². The Morgan fingerprint density at radius 2 is 2.32 bits per heavy atom. The molecule has 1 aliphatic carbocycles. The second-order valence-corrected chi connectivity index (χ2v) is 8.24. The van der Waals surface area contributed by atoms with Gasteiger partial charge in [0.15, 0.2) is 0 Å². The molecule has 19 heavy (non-hydrogen) atoms. The van der Waals surface area contributed by atoms with Crippen LogP contribution in [0.15, 0.2) is 22.6 Å². The van der Waals surface area contributed by atoms with Crippen molar-refractivity contribution in [2.24, 2.45) is 0 Å². The molecule has 2 unspecified atom stereocenters. The summed E-state index contributed by atoms with van der Waals surface area (Å²) >= 11 is 4.38. The van der Waals surface area contributed by atoms with Gasteiger partial charge in [-0.2, -0.15) is 0 Å². The van der Waals surface area contributed by atoms with E-state index in [-0.39, 0.29) is 6.04 Å². The van der Waals surface area contributed by atoms with Crippen molar-refractivity contribution in [2.75, 3.05) is 0 Å². The largest absolute Gasteiger partial charge is 0.465 e. The molecule has 4 heteroatoms. The lowest BCUT2D eigenvalue weighted by molar-refractivity contribution is 0.363. The zero-order valence-electron chi connectivity index (χ0n) is 11.2. The van der Waals surface area contributed by atoms with E-state index in [1.807, 2.05) is 24.3 Å². The normalized spacial score (nSPS) is 20.3. The van der Waals surface area contributed by atoms with Crippen LogP contribution in [0.3, 0.4) is 0 Å². The van der Waals surface area contributed by atoms with E-state index in [1.54, 1.807) is 4.88 Å². The van der Waals surface area contributed by atoms with Crippen LogP contribution in [0, 0.1) is 9.81 Å². The van der Waals surface area contributed by atoms with Gasteiger partial charge in [-0.1, -0.05) is 0 Å². The number of nitrogens with one attached hydrogen (secondary N) is 1. The highest BCUT2D eigenvalue weighted by Crippen LogP contribution is 2.37. The summed E-state index contributed by atoms with van der Waals surface area (Å²) in [6.45, 7) is 4.18. The number of halogens is 1. The van der Waals surface area contributed by atoms with E-state index < -0.39 is 0 Å². The van der Waals surface area contributed by atoms with Crippen LogP contribution in [-0.2, 0) is 6.42 Å². The Balaban J connectivity index is 1.77. The van der Waals surface area contributed by atoms with Crippen LogP contribution in [-0.4, -0.2) is 0 Å².